The van der Waals surface area contributed by atoms with Crippen molar-refractivity contribution in [1.29, 1.82) is 0 Å². The van der Waals surface area contributed by atoms with Crippen LogP contribution in [0.25, 0.3) is 0 Å². The molecule has 1 atom stereocenters. The molecule has 22 heavy (non-hydrogen) atoms. The first-order valence-corrected chi connectivity index (χ1v) is 7.06. The van der Waals surface area contributed by atoms with Gasteiger partial charge in [-0.3, -0.25) is 5.32 Å². The van der Waals surface area contributed by atoms with Crippen molar-refractivity contribution in [1.82, 2.24) is 4.90 Å². The van der Waals surface area contributed by atoms with Crippen LogP contribution in [0.15, 0.2) is 18.2 Å². The standard InChI is InChI=1S/C15H23N3O2.2ClH/c1-4-7-20-15(19)17-12-5-6-13-11(10-18(2)3)9-16-14(13)8-12;;/h5-6,8,11,16H,4,7,9-10H2,1-3H3,(H,17,19);2*1H. The number of nitrogens with zero attached hydrogens (tertiary/aromatic N) is 1. The molecular weight excluding hydrogens is 325 g/mol. The Labute approximate surface area is 144 Å². The molecule has 2 rings (SSSR count). The van der Waals surface area contributed by atoms with Gasteiger partial charge in [0.05, 0.1) is 6.61 Å². The van der Waals surface area contributed by atoms with E-state index in [0.29, 0.717) is 12.5 Å². The predicted molar refractivity (Wildman–Crippen MR) is 96.0 cm³/mol. The average molecular weight is 350 g/mol. The molecule has 1 heterocycles. The summed E-state index contributed by atoms with van der Waals surface area (Å²) in [6.45, 7) is 4.37. The van der Waals surface area contributed by atoms with Crippen molar-refractivity contribution >= 4 is 42.3 Å². The first-order valence-electron chi connectivity index (χ1n) is 7.06. The lowest BCUT2D eigenvalue weighted by molar-refractivity contribution is 0.161. The Morgan fingerprint density at radius 3 is 2.77 bits per heavy atom. The van der Waals surface area contributed by atoms with E-state index in [4.69, 9.17) is 4.74 Å². The van der Waals surface area contributed by atoms with E-state index in [-0.39, 0.29) is 24.8 Å². The third-order valence-electron chi connectivity index (χ3n) is 3.30. The number of ether oxygens (including phenoxy) is 1. The van der Waals surface area contributed by atoms with Crippen molar-refractivity contribution < 1.29 is 9.53 Å². The summed E-state index contributed by atoms with van der Waals surface area (Å²) in [6.07, 6.45) is 0.431. The summed E-state index contributed by atoms with van der Waals surface area (Å²) < 4.78 is 5.01. The van der Waals surface area contributed by atoms with Gasteiger partial charge in [-0.15, -0.1) is 24.8 Å². The minimum atomic E-state index is -0.394. The Morgan fingerprint density at radius 2 is 2.14 bits per heavy atom. The van der Waals surface area contributed by atoms with Crippen molar-refractivity contribution in [3.05, 3.63) is 23.8 Å². The van der Waals surface area contributed by atoms with E-state index in [1.54, 1.807) is 0 Å². The molecule has 0 fully saturated rings. The first kappa shape index (κ1) is 20.8. The van der Waals surface area contributed by atoms with Gasteiger partial charge in [0.15, 0.2) is 0 Å². The number of fused-ring (bicyclic) bond motifs is 1. The fourth-order valence-electron chi connectivity index (χ4n) is 2.44. The molecule has 0 aliphatic carbocycles. The van der Waals surface area contributed by atoms with Gasteiger partial charge in [-0.2, -0.15) is 0 Å². The zero-order valence-electron chi connectivity index (χ0n) is 13.2. The van der Waals surface area contributed by atoms with Gasteiger partial charge in [0.25, 0.3) is 0 Å². The number of rotatable bonds is 5. The van der Waals surface area contributed by atoms with Crippen molar-refractivity contribution in [2.24, 2.45) is 0 Å². The highest BCUT2D eigenvalue weighted by molar-refractivity contribution is 5.86. The smallest absolute Gasteiger partial charge is 0.411 e. The first-order chi connectivity index (χ1) is 9.60. The lowest BCUT2D eigenvalue weighted by atomic mass is 10.0. The van der Waals surface area contributed by atoms with Crippen molar-refractivity contribution in [2.75, 3.05) is 44.4 Å². The second-order valence-corrected chi connectivity index (χ2v) is 5.40. The van der Waals surface area contributed by atoms with Gasteiger partial charge in [0.1, 0.15) is 0 Å². The molecule has 5 nitrogen and oxygen atoms in total. The molecule has 1 aromatic rings. The molecule has 0 spiro atoms. The summed E-state index contributed by atoms with van der Waals surface area (Å²) in [5, 5.41) is 6.14. The Bertz CT molecular complexity index is 484. The maximum atomic E-state index is 11.5. The number of carbonyl (C=O) groups excluding carboxylic acids is 1. The van der Waals surface area contributed by atoms with Crippen LogP contribution in [0.2, 0.25) is 0 Å². The monoisotopic (exact) mass is 349 g/mol. The van der Waals surface area contributed by atoms with Gasteiger partial charge in [0, 0.05) is 30.4 Å². The van der Waals surface area contributed by atoms with Gasteiger partial charge in [0.2, 0.25) is 0 Å². The van der Waals surface area contributed by atoms with Gasteiger partial charge >= 0.3 is 6.09 Å². The Hall–Kier alpha value is -1.17. The van der Waals surface area contributed by atoms with Crippen molar-refractivity contribution in [3.63, 3.8) is 0 Å². The molecule has 0 saturated heterocycles. The van der Waals surface area contributed by atoms with E-state index in [0.717, 1.165) is 30.9 Å². The van der Waals surface area contributed by atoms with Crippen LogP contribution < -0.4 is 10.6 Å². The summed E-state index contributed by atoms with van der Waals surface area (Å²) in [6, 6.07) is 5.98. The summed E-state index contributed by atoms with van der Waals surface area (Å²) in [4.78, 5) is 13.7. The highest BCUT2D eigenvalue weighted by Crippen LogP contribution is 2.33. The number of likely N-dealkylation sites (N-methyl/N-ethyl adjacent to an activating group) is 1. The second-order valence-electron chi connectivity index (χ2n) is 5.40. The molecule has 1 aromatic carbocycles. The van der Waals surface area contributed by atoms with Crippen LogP contribution in [0.5, 0.6) is 0 Å². The third kappa shape index (κ3) is 5.55. The number of halogens is 2. The third-order valence-corrected chi connectivity index (χ3v) is 3.30. The fraction of sp³-hybridized carbons (Fsp3) is 0.533. The minimum Gasteiger partial charge on any atom is -0.449 e. The number of anilines is 2. The summed E-state index contributed by atoms with van der Waals surface area (Å²) in [5.74, 6) is 0.501. The van der Waals surface area contributed by atoms with Crippen LogP contribution in [0, 0.1) is 0 Å². The maximum absolute atomic E-state index is 11.5. The summed E-state index contributed by atoms with van der Waals surface area (Å²) in [7, 11) is 4.16. The van der Waals surface area contributed by atoms with Crippen LogP contribution in [-0.2, 0) is 4.74 Å². The number of amides is 1. The topological polar surface area (TPSA) is 53.6 Å². The van der Waals surface area contributed by atoms with Crippen molar-refractivity contribution in [2.45, 2.75) is 19.3 Å². The zero-order valence-corrected chi connectivity index (χ0v) is 14.9. The molecule has 1 unspecified atom stereocenters. The van der Waals surface area contributed by atoms with Crippen LogP contribution in [0.4, 0.5) is 16.2 Å². The highest BCUT2D eigenvalue weighted by atomic mass is 35.5. The lowest BCUT2D eigenvalue weighted by Gasteiger charge is -2.16. The lowest BCUT2D eigenvalue weighted by Crippen LogP contribution is -2.21. The van der Waals surface area contributed by atoms with Gasteiger partial charge in [-0.1, -0.05) is 13.0 Å². The number of hydrogen-bond acceptors (Lipinski definition) is 4. The molecule has 1 aliphatic heterocycles. The van der Waals surface area contributed by atoms with E-state index in [1.807, 2.05) is 19.1 Å². The van der Waals surface area contributed by atoms with E-state index in [9.17, 15) is 4.79 Å². The van der Waals surface area contributed by atoms with Crippen LogP contribution in [0.1, 0.15) is 24.8 Å². The maximum Gasteiger partial charge on any atom is 0.411 e. The van der Waals surface area contributed by atoms with E-state index in [2.05, 4.69) is 35.7 Å². The number of benzene rings is 1. The number of hydrogen-bond donors (Lipinski definition) is 2. The van der Waals surface area contributed by atoms with Crippen LogP contribution >= 0.6 is 24.8 Å². The number of carbonyl (C=O) groups is 1. The Kier molecular flexibility index (Phi) is 9.25. The number of nitrogens with one attached hydrogen (secondary N) is 2. The molecule has 1 aliphatic rings. The molecule has 2 N–H and O–H groups in total. The van der Waals surface area contributed by atoms with E-state index in [1.165, 1.54) is 5.56 Å². The summed E-state index contributed by atoms with van der Waals surface area (Å²) >= 11 is 0. The summed E-state index contributed by atoms with van der Waals surface area (Å²) in [5.41, 5.74) is 3.18. The Morgan fingerprint density at radius 1 is 1.41 bits per heavy atom. The van der Waals surface area contributed by atoms with E-state index >= 15 is 0 Å². The van der Waals surface area contributed by atoms with Crippen LogP contribution in [-0.4, -0.2) is 44.8 Å². The van der Waals surface area contributed by atoms with Gasteiger partial charge in [-0.25, -0.2) is 4.79 Å². The van der Waals surface area contributed by atoms with Crippen LogP contribution in [0.3, 0.4) is 0 Å². The molecular formula is C15H25Cl2N3O2. The molecule has 126 valence electrons. The quantitative estimate of drug-likeness (QED) is 0.853. The van der Waals surface area contributed by atoms with Crippen molar-refractivity contribution in [3.8, 4) is 0 Å². The largest absolute Gasteiger partial charge is 0.449 e. The molecule has 0 radical (unpaired) electrons. The van der Waals surface area contributed by atoms with Gasteiger partial charge < -0.3 is 15.0 Å². The minimum absolute atomic E-state index is 0. The Balaban J connectivity index is 0.00000220. The zero-order chi connectivity index (χ0) is 14.5. The predicted octanol–water partition coefficient (Wildman–Crippen LogP) is 3.56. The van der Waals surface area contributed by atoms with Gasteiger partial charge in [-0.05, 0) is 38.2 Å². The molecule has 0 bridgehead atoms. The fourth-order valence-corrected chi connectivity index (χ4v) is 2.44. The molecule has 0 aromatic heterocycles. The molecule has 7 heteroatoms. The SMILES string of the molecule is CCCOC(=O)Nc1ccc2c(c1)NCC2CN(C)C.Cl.Cl. The second kappa shape index (κ2) is 9.77. The molecule has 0 saturated carbocycles. The normalized spacial score (nSPS) is 15.2. The van der Waals surface area contributed by atoms with E-state index < -0.39 is 6.09 Å². The molecule has 1 amide bonds. The average Bonchev–Trinajstić information content (AvgIpc) is 2.78. The highest BCUT2D eigenvalue weighted by Gasteiger charge is 2.22.